The Kier molecular flexibility index (Phi) is 4.86. The van der Waals surface area contributed by atoms with E-state index in [1.165, 1.54) is 24.2 Å². The molecule has 0 aliphatic carbocycles. The van der Waals surface area contributed by atoms with Crippen molar-refractivity contribution >= 4 is 0 Å². The lowest BCUT2D eigenvalue weighted by Gasteiger charge is -2.34. The van der Waals surface area contributed by atoms with Gasteiger partial charge in [-0.2, -0.15) is 5.10 Å². The molecule has 4 heteroatoms. The zero-order chi connectivity index (χ0) is 14.8. The molecule has 0 radical (unpaired) electrons. The molecule has 114 valence electrons. The van der Waals surface area contributed by atoms with Crippen LogP contribution < -0.4 is 5.32 Å². The van der Waals surface area contributed by atoms with Gasteiger partial charge in [-0.1, -0.05) is 13.8 Å². The Labute approximate surface area is 123 Å². The molecule has 1 N–H and O–H groups in total. The number of nitrogens with one attached hydrogen (secondary N) is 1. The van der Waals surface area contributed by atoms with E-state index in [0.29, 0.717) is 6.04 Å². The van der Waals surface area contributed by atoms with Crippen LogP contribution in [0.1, 0.15) is 51.9 Å². The van der Waals surface area contributed by atoms with Gasteiger partial charge < -0.3 is 5.32 Å². The molecule has 1 fully saturated rings. The molecule has 20 heavy (non-hydrogen) atoms. The first-order valence-corrected chi connectivity index (χ1v) is 7.98. The summed E-state index contributed by atoms with van der Waals surface area (Å²) >= 11 is 0. The third-order valence-corrected chi connectivity index (χ3v) is 4.82. The molecule has 1 saturated heterocycles. The lowest BCUT2D eigenvalue weighted by Crippen LogP contribution is -2.49. The van der Waals surface area contributed by atoms with E-state index < -0.39 is 0 Å². The normalized spacial score (nSPS) is 28.6. The Hall–Kier alpha value is -0.870. The first-order valence-electron chi connectivity index (χ1n) is 7.98. The van der Waals surface area contributed by atoms with Gasteiger partial charge in [-0.05, 0) is 45.7 Å². The van der Waals surface area contributed by atoms with E-state index in [0.717, 1.165) is 26.1 Å². The Morgan fingerprint density at radius 1 is 1.45 bits per heavy atom. The first kappa shape index (κ1) is 15.5. The maximum Gasteiger partial charge on any atom is 0.0625 e. The van der Waals surface area contributed by atoms with Crippen molar-refractivity contribution in [3.8, 4) is 0 Å². The van der Waals surface area contributed by atoms with Gasteiger partial charge in [-0.15, -0.1) is 0 Å². The summed E-state index contributed by atoms with van der Waals surface area (Å²) in [5.74, 6) is 0. The molecule has 0 saturated carbocycles. The second kappa shape index (κ2) is 6.27. The summed E-state index contributed by atoms with van der Waals surface area (Å²) in [5, 5.41) is 8.29. The summed E-state index contributed by atoms with van der Waals surface area (Å²) in [6, 6.07) is 2.88. The second-order valence-corrected chi connectivity index (χ2v) is 6.49. The van der Waals surface area contributed by atoms with Crippen molar-refractivity contribution in [2.24, 2.45) is 7.05 Å². The van der Waals surface area contributed by atoms with Crippen LogP contribution in [0.4, 0.5) is 0 Å². The minimum atomic E-state index is 0.233. The SMILES string of the molecule is CCc1cc(CN2CC(C)(CC)NCCC2C)n(C)n1. The van der Waals surface area contributed by atoms with Crippen LogP contribution in [0.2, 0.25) is 0 Å². The predicted molar refractivity (Wildman–Crippen MR) is 83.8 cm³/mol. The van der Waals surface area contributed by atoms with Gasteiger partial charge in [-0.25, -0.2) is 0 Å². The predicted octanol–water partition coefficient (Wildman–Crippen LogP) is 2.33. The highest BCUT2D eigenvalue weighted by atomic mass is 15.3. The van der Waals surface area contributed by atoms with Gasteiger partial charge in [0.25, 0.3) is 0 Å². The molecule has 2 rings (SSSR count). The van der Waals surface area contributed by atoms with Crippen molar-refractivity contribution in [1.82, 2.24) is 20.0 Å². The molecule has 1 aliphatic rings. The summed E-state index contributed by atoms with van der Waals surface area (Å²) in [7, 11) is 2.06. The molecule has 1 aromatic rings. The van der Waals surface area contributed by atoms with Crippen LogP contribution in [0.15, 0.2) is 6.07 Å². The number of aromatic nitrogens is 2. The molecule has 2 atom stereocenters. The minimum absolute atomic E-state index is 0.233. The number of rotatable bonds is 4. The van der Waals surface area contributed by atoms with Crippen LogP contribution in [0.3, 0.4) is 0 Å². The Bertz CT molecular complexity index is 440. The average molecular weight is 278 g/mol. The highest BCUT2D eigenvalue weighted by molar-refractivity contribution is 5.10. The molecule has 1 aliphatic heterocycles. The third kappa shape index (κ3) is 3.41. The van der Waals surface area contributed by atoms with Crippen molar-refractivity contribution in [3.63, 3.8) is 0 Å². The van der Waals surface area contributed by atoms with Crippen molar-refractivity contribution in [2.45, 2.75) is 65.1 Å². The van der Waals surface area contributed by atoms with Gasteiger partial charge in [0.15, 0.2) is 0 Å². The minimum Gasteiger partial charge on any atom is -0.310 e. The van der Waals surface area contributed by atoms with E-state index in [2.05, 4.69) is 56.1 Å². The molecule has 0 amide bonds. The van der Waals surface area contributed by atoms with Crippen molar-refractivity contribution in [2.75, 3.05) is 13.1 Å². The number of hydrogen-bond acceptors (Lipinski definition) is 3. The third-order valence-electron chi connectivity index (χ3n) is 4.82. The lowest BCUT2D eigenvalue weighted by molar-refractivity contribution is 0.160. The molecule has 2 heterocycles. The molecular weight excluding hydrogens is 248 g/mol. The van der Waals surface area contributed by atoms with Crippen LogP contribution in [0, 0.1) is 0 Å². The molecule has 2 unspecified atom stereocenters. The van der Waals surface area contributed by atoms with Gasteiger partial charge in [0.05, 0.1) is 11.4 Å². The molecule has 0 bridgehead atoms. The van der Waals surface area contributed by atoms with Crippen LogP contribution in [-0.2, 0) is 20.0 Å². The fourth-order valence-corrected chi connectivity index (χ4v) is 2.97. The second-order valence-electron chi connectivity index (χ2n) is 6.49. The quantitative estimate of drug-likeness (QED) is 0.917. The maximum absolute atomic E-state index is 4.57. The molecule has 0 spiro atoms. The fraction of sp³-hybridized carbons (Fsp3) is 0.812. The largest absolute Gasteiger partial charge is 0.310 e. The van der Waals surface area contributed by atoms with Crippen LogP contribution in [-0.4, -0.2) is 39.4 Å². The van der Waals surface area contributed by atoms with E-state index in [1.54, 1.807) is 0 Å². The zero-order valence-electron chi connectivity index (χ0n) is 13.7. The van der Waals surface area contributed by atoms with Crippen LogP contribution in [0.25, 0.3) is 0 Å². The van der Waals surface area contributed by atoms with Gasteiger partial charge in [0.1, 0.15) is 0 Å². The number of aryl methyl sites for hydroxylation is 2. The molecular formula is C16H30N4. The maximum atomic E-state index is 4.57. The molecule has 1 aromatic heterocycles. The average Bonchev–Trinajstić information content (AvgIpc) is 2.71. The summed E-state index contributed by atoms with van der Waals surface area (Å²) < 4.78 is 2.05. The number of nitrogens with zero attached hydrogens (tertiary/aromatic N) is 3. The topological polar surface area (TPSA) is 33.1 Å². The fourth-order valence-electron chi connectivity index (χ4n) is 2.97. The summed E-state index contributed by atoms with van der Waals surface area (Å²) in [6.45, 7) is 12.4. The van der Waals surface area contributed by atoms with Gasteiger partial charge in [-0.3, -0.25) is 9.58 Å². The molecule has 0 aromatic carbocycles. The smallest absolute Gasteiger partial charge is 0.0625 e. The number of hydrogen-bond donors (Lipinski definition) is 1. The van der Waals surface area contributed by atoms with Crippen LogP contribution >= 0.6 is 0 Å². The van der Waals surface area contributed by atoms with E-state index in [-0.39, 0.29) is 5.54 Å². The van der Waals surface area contributed by atoms with Crippen molar-refractivity contribution < 1.29 is 0 Å². The Balaban J connectivity index is 2.14. The zero-order valence-corrected chi connectivity index (χ0v) is 13.7. The van der Waals surface area contributed by atoms with Gasteiger partial charge >= 0.3 is 0 Å². The van der Waals surface area contributed by atoms with Crippen molar-refractivity contribution in [1.29, 1.82) is 0 Å². The Morgan fingerprint density at radius 2 is 2.20 bits per heavy atom. The lowest BCUT2D eigenvalue weighted by atomic mass is 9.98. The summed E-state index contributed by atoms with van der Waals surface area (Å²) in [4.78, 5) is 2.61. The Morgan fingerprint density at radius 3 is 2.80 bits per heavy atom. The van der Waals surface area contributed by atoms with Gasteiger partial charge in [0, 0.05) is 31.7 Å². The van der Waals surface area contributed by atoms with E-state index in [9.17, 15) is 0 Å². The highest BCUT2D eigenvalue weighted by Gasteiger charge is 2.30. The standard InChI is InChI=1S/C16H30N4/c1-6-14-10-15(19(5)18-14)11-20-12-16(4,7-2)17-9-8-13(20)3/h10,13,17H,6-9,11-12H2,1-5H3. The highest BCUT2D eigenvalue weighted by Crippen LogP contribution is 2.21. The van der Waals surface area contributed by atoms with E-state index in [4.69, 9.17) is 0 Å². The van der Waals surface area contributed by atoms with E-state index >= 15 is 0 Å². The van der Waals surface area contributed by atoms with Crippen molar-refractivity contribution in [3.05, 3.63) is 17.5 Å². The van der Waals surface area contributed by atoms with Crippen LogP contribution in [0.5, 0.6) is 0 Å². The van der Waals surface area contributed by atoms with E-state index in [1.807, 2.05) is 4.68 Å². The van der Waals surface area contributed by atoms with Gasteiger partial charge in [0.2, 0.25) is 0 Å². The molecule has 4 nitrogen and oxygen atoms in total. The monoisotopic (exact) mass is 278 g/mol. The summed E-state index contributed by atoms with van der Waals surface area (Å²) in [5.41, 5.74) is 2.76. The summed E-state index contributed by atoms with van der Waals surface area (Å²) in [6.07, 6.45) is 3.40. The first-order chi connectivity index (χ1) is 9.47.